The second-order valence-electron chi connectivity index (χ2n) is 10.3. The van der Waals surface area contributed by atoms with Crippen LogP contribution in [0.25, 0.3) is 16.7 Å². The SMILES string of the molecule is C=CCn1c(=O)c2ccccc2n2c(SC(C)C(=O)NC34CC5CC(CC(C5)C3)C4)nnc12. The van der Waals surface area contributed by atoms with Gasteiger partial charge in [-0.3, -0.25) is 18.6 Å². The van der Waals surface area contributed by atoms with Crippen molar-refractivity contribution in [1.82, 2.24) is 24.5 Å². The van der Waals surface area contributed by atoms with Gasteiger partial charge in [0.05, 0.1) is 16.2 Å². The Kier molecular flexibility index (Phi) is 4.90. The van der Waals surface area contributed by atoms with Crippen molar-refractivity contribution >= 4 is 34.3 Å². The Balaban J connectivity index is 1.30. The minimum absolute atomic E-state index is 0.00922. The number of hydrogen-bond acceptors (Lipinski definition) is 5. The van der Waals surface area contributed by atoms with Crippen LogP contribution in [0.4, 0.5) is 0 Å². The van der Waals surface area contributed by atoms with Crippen molar-refractivity contribution in [3.05, 3.63) is 47.3 Å². The van der Waals surface area contributed by atoms with Gasteiger partial charge in [-0.2, -0.15) is 0 Å². The van der Waals surface area contributed by atoms with Crippen molar-refractivity contribution < 1.29 is 4.79 Å². The Bertz CT molecular complexity index is 1290. The van der Waals surface area contributed by atoms with Crippen molar-refractivity contribution in [2.75, 3.05) is 0 Å². The van der Waals surface area contributed by atoms with Gasteiger partial charge in [-0.25, -0.2) is 0 Å². The summed E-state index contributed by atoms with van der Waals surface area (Å²) in [6.07, 6.45) is 9.14. The fourth-order valence-corrected chi connectivity index (χ4v) is 7.80. The van der Waals surface area contributed by atoms with Crippen molar-refractivity contribution in [2.24, 2.45) is 17.8 Å². The highest BCUT2D eigenvalue weighted by Crippen LogP contribution is 2.55. The molecule has 4 aliphatic carbocycles. The normalized spacial score (nSPS) is 28.9. The van der Waals surface area contributed by atoms with Gasteiger partial charge in [0.2, 0.25) is 11.7 Å². The summed E-state index contributed by atoms with van der Waals surface area (Å²) in [6, 6.07) is 7.47. The number of hydrogen-bond donors (Lipinski definition) is 1. The molecule has 0 aliphatic heterocycles. The Morgan fingerprint density at radius 1 is 1.21 bits per heavy atom. The molecule has 1 N–H and O–H groups in total. The van der Waals surface area contributed by atoms with Crippen LogP contribution in [0.1, 0.15) is 45.4 Å². The van der Waals surface area contributed by atoms with E-state index in [4.69, 9.17) is 0 Å². The molecule has 1 aromatic carbocycles. The standard InChI is InChI=1S/C25H29N5O2S/c1-3-8-29-22(32)19-6-4-5-7-20(19)30-23(29)27-28-24(30)33-15(2)21(31)26-25-12-16-9-17(13-25)11-18(10-16)14-25/h3-7,15-18H,1,8-14H2,2H3,(H,26,31). The summed E-state index contributed by atoms with van der Waals surface area (Å²) in [7, 11) is 0. The third-order valence-electron chi connectivity index (χ3n) is 7.87. The third kappa shape index (κ3) is 3.41. The second kappa shape index (κ2) is 7.72. The van der Waals surface area contributed by atoms with E-state index < -0.39 is 0 Å². The molecule has 0 saturated heterocycles. The fraction of sp³-hybridized carbons (Fsp3) is 0.520. The van der Waals surface area contributed by atoms with E-state index in [1.165, 1.54) is 31.0 Å². The molecule has 33 heavy (non-hydrogen) atoms. The van der Waals surface area contributed by atoms with Gasteiger partial charge >= 0.3 is 0 Å². The molecular formula is C25H29N5O2S. The zero-order chi connectivity index (χ0) is 22.7. The fourth-order valence-electron chi connectivity index (χ4n) is 6.94. The van der Waals surface area contributed by atoms with Gasteiger partial charge in [-0.1, -0.05) is 30.0 Å². The monoisotopic (exact) mass is 463 g/mol. The Morgan fingerprint density at radius 3 is 2.55 bits per heavy atom. The molecule has 1 atom stereocenters. The number of thioether (sulfide) groups is 1. The lowest BCUT2D eigenvalue weighted by Gasteiger charge is -2.57. The van der Waals surface area contributed by atoms with Crippen LogP contribution in [0.15, 0.2) is 46.9 Å². The number of fused-ring (bicyclic) bond motifs is 3. The highest BCUT2D eigenvalue weighted by molar-refractivity contribution is 8.00. The van der Waals surface area contributed by atoms with Crippen LogP contribution < -0.4 is 10.9 Å². The first kappa shape index (κ1) is 21.0. The van der Waals surface area contributed by atoms with Gasteiger partial charge in [0.15, 0.2) is 5.16 Å². The van der Waals surface area contributed by atoms with E-state index in [1.807, 2.05) is 35.6 Å². The quantitative estimate of drug-likeness (QED) is 0.444. The number of nitrogens with zero attached hydrogens (tertiary/aromatic N) is 4. The summed E-state index contributed by atoms with van der Waals surface area (Å²) >= 11 is 1.40. The van der Waals surface area contributed by atoms with Gasteiger partial charge in [0, 0.05) is 12.1 Å². The van der Waals surface area contributed by atoms with Gasteiger partial charge in [0.1, 0.15) is 0 Å². The van der Waals surface area contributed by atoms with E-state index in [9.17, 15) is 9.59 Å². The minimum Gasteiger partial charge on any atom is -0.350 e. The third-order valence-corrected chi connectivity index (χ3v) is 8.91. The highest BCUT2D eigenvalue weighted by Gasteiger charge is 2.51. The molecule has 3 aromatic rings. The summed E-state index contributed by atoms with van der Waals surface area (Å²) in [6.45, 7) is 6.05. The molecule has 8 heteroatoms. The second-order valence-corrected chi connectivity index (χ2v) is 11.6. The molecule has 0 radical (unpaired) electrons. The number of carbonyl (C=O) groups is 1. The lowest BCUT2D eigenvalue weighted by molar-refractivity contribution is -0.126. The van der Waals surface area contributed by atoms with Gasteiger partial charge < -0.3 is 5.32 Å². The van der Waals surface area contributed by atoms with Crippen LogP contribution in [0, 0.1) is 17.8 Å². The molecule has 172 valence electrons. The van der Waals surface area contributed by atoms with Crippen molar-refractivity contribution in [3.63, 3.8) is 0 Å². The first-order chi connectivity index (χ1) is 16.0. The van der Waals surface area contributed by atoms with Crippen LogP contribution in [0.5, 0.6) is 0 Å². The van der Waals surface area contributed by atoms with Crippen LogP contribution in [0.3, 0.4) is 0 Å². The van der Waals surface area contributed by atoms with Crippen LogP contribution in [-0.4, -0.2) is 35.9 Å². The maximum Gasteiger partial charge on any atom is 0.263 e. The predicted octanol–water partition coefficient (Wildman–Crippen LogP) is 3.80. The Hall–Kier alpha value is -2.61. The van der Waals surface area contributed by atoms with Gasteiger partial charge in [-0.15, -0.1) is 16.8 Å². The number of rotatable bonds is 6. The molecule has 4 saturated carbocycles. The Labute approximate surface area is 196 Å². The first-order valence-electron chi connectivity index (χ1n) is 11.9. The number of allylic oxidation sites excluding steroid dienone is 1. The number of carbonyl (C=O) groups excluding carboxylic acids is 1. The van der Waals surface area contributed by atoms with Crippen LogP contribution in [-0.2, 0) is 11.3 Å². The van der Waals surface area contributed by atoms with E-state index in [0.29, 0.717) is 22.9 Å². The number of nitrogens with one attached hydrogen (secondary N) is 1. The molecule has 1 amide bonds. The smallest absolute Gasteiger partial charge is 0.263 e. The molecule has 7 nitrogen and oxygen atoms in total. The highest BCUT2D eigenvalue weighted by atomic mass is 32.2. The van der Waals surface area contributed by atoms with Crippen LogP contribution in [0.2, 0.25) is 0 Å². The molecule has 1 unspecified atom stereocenters. The topological polar surface area (TPSA) is 81.3 Å². The largest absolute Gasteiger partial charge is 0.350 e. The summed E-state index contributed by atoms with van der Waals surface area (Å²) in [5.41, 5.74) is 0.624. The molecular weight excluding hydrogens is 434 g/mol. The number of aromatic nitrogens is 4. The van der Waals surface area contributed by atoms with E-state index in [1.54, 1.807) is 10.6 Å². The molecule has 2 heterocycles. The lowest BCUT2D eigenvalue weighted by Crippen LogP contribution is -2.60. The average Bonchev–Trinajstić information content (AvgIpc) is 3.19. The first-order valence-corrected chi connectivity index (χ1v) is 12.8. The summed E-state index contributed by atoms with van der Waals surface area (Å²) < 4.78 is 3.46. The summed E-state index contributed by atoms with van der Waals surface area (Å²) in [5.74, 6) is 2.89. The van der Waals surface area contributed by atoms with Crippen molar-refractivity contribution in [1.29, 1.82) is 0 Å². The number of amides is 1. The van der Waals surface area contributed by atoms with E-state index >= 15 is 0 Å². The lowest BCUT2D eigenvalue weighted by atomic mass is 9.53. The van der Waals surface area contributed by atoms with Crippen LogP contribution >= 0.6 is 11.8 Å². The molecule has 4 bridgehead atoms. The maximum atomic E-state index is 13.3. The maximum absolute atomic E-state index is 13.3. The summed E-state index contributed by atoms with van der Waals surface area (Å²) in [4.78, 5) is 26.3. The predicted molar refractivity (Wildman–Crippen MR) is 129 cm³/mol. The molecule has 0 spiro atoms. The van der Waals surface area contributed by atoms with Gasteiger partial charge in [-0.05, 0) is 75.3 Å². The van der Waals surface area contributed by atoms with E-state index in [-0.39, 0.29) is 22.3 Å². The zero-order valence-corrected chi connectivity index (χ0v) is 19.7. The molecule has 4 fully saturated rings. The van der Waals surface area contributed by atoms with Gasteiger partial charge in [0.25, 0.3) is 5.56 Å². The number of para-hydroxylation sites is 1. The average molecular weight is 464 g/mol. The molecule has 2 aromatic heterocycles. The molecule has 7 rings (SSSR count). The summed E-state index contributed by atoms with van der Waals surface area (Å²) in [5, 5.41) is 13.1. The Morgan fingerprint density at radius 2 is 1.88 bits per heavy atom. The van der Waals surface area contributed by atoms with E-state index in [0.717, 1.165) is 42.5 Å². The van der Waals surface area contributed by atoms with Crippen molar-refractivity contribution in [2.45, 2.75) is 67.9 Å². The van der Waals surface area contributed by atoms with E-state index in [2.05, 4.69) is 22.1 Å². The number of benzene rings is 1. The molecule has 4 aliphatic rings. The zero-order valence-electron chi connectivity index (χ0n) is 18.9. The van der Waals surface area contributed by atoms with Crippen molar-refractivity contribution in [3.8, 4) is 0 Å². The minimum atomic E-state index is -0.316.